The maximum atomic E-state index is 9.73. The van der Waals surface area contributed by atoms with Gasteiger partial charge in [-0.05, 0) is 53.3 Å². The Morgan fingerprint density at radius 3 is 1.79 bits per heavy atom. The molecule has 29 heavy (non-hydrogen) atoms. The lowest BCUT2D eigenvalue weighted by Crippen LogP contribution is -2.29. The number of rotatable bonds is 8. The van der Waals surface area contributed by atoms with E-state index in [4.69, 9.17) is 4.74 Å². The highest BCUT2D eigenvalue weighted by molar-refractivity contribution is 5.98. The van der Waals surface area contributed by atoms with Crippen LogP contribution in [-0.4, -0.2) is 29.0 Å². The second kappa shape index (κ2) is 10.1. The molecule has 0 bridgehead atoms. The van der Waals surface area contributed by atoms with Gasteiger partial charge in [0.2, 0.25) is 0 Å². The van der Waals surface area contributed by atoms with Gasteiger partial charge >= 0.3 is 0 Å². The summed E-state index contributed by atoms with van der Waals surface area (Å²) in [6.45, 7) is 3.78. The lowest BCUT2D eigenvalue weighted by molar-refractivity contribution is 0.00227. The van der Waals surface area contributed by atoms with E-state index in [9.17, 15) is 10.2 Å². The van der Waals surface area contributed by atoms with Gasteiger partial charge in [-0.3, -0.25) is 0 Å². The monoisotopic (exact) mass is 388 g/mol. The van der Waals surface area contributed by atoms with Crippen LogP contribution in [-0.2, 0) is 0 Å². The molecule has 3 nitrogen and oxygen atoms in total. The van der Waals surface area contributed by atoms with E-state index in [-0.39, 0.29) is 6.61 Å². The maximum Gasteiger partial charge on any atom is 0.119 e. The van der Waals surface area contributed by atoms with Crippen LogP contribution in [0.1, 0.15) is 37.0 Å². The summed E-state index contributed by atoms with van der Waals surface area (Å²) < 4.78 is 5.61. The maximum absolute atomic E-state index is 9.73. The van der Waals surface area contributed by atoms with Gasteiger partial charge in [-0.15, -0.1) is 0 Å². The van der Waals surface area contributed by atoms with E-state index in [0.29, 0.717) is 5.75 Å². The predicted octanol–water partition coefficient (Wildman–Crippen LogP) is 5.18. The molecule has 3 aromatic rings. The van der Waals surface area contributed by atoms with Crippen molar-refractivity contribution in [3.8, 4) is 5.75 Å². The Morgan fingerprint density at radius 2 is 1.28 bits per heavy atom. The molecule has 150 valence electrons. The summed E-state index contributed by atoms with van der Waals surface area (Å²) in [4.78, 5) is 0. The lowest BCUT2D eigenvalue weighted by atomic mass is 9.88. The summed E-state index contributed by atoms with van der Waals surface area (Å²) in [6.07, 6.45) is -0.813. The quantitative estimate of drug-likeness (QED) is 0.523. The van der Waals surface area contributed by atoms with E-state index < -0.39 is 12.2 Å². The summed E-state index contributed by atoms with van der Waals surface area (Å²) in [6, 6.07) is 28.8. The van der Waals surface area contributed by atoms with E-state index in [2.05, 4.69) is 55.5 Å². The van der Waals surface area contributed by atoms with Crippen molar-refractivity contribution in [3.63, 3.8) is 0 Å². The van der Waals surface area contributed by atoms with E-state index in [1.807, 2.05) is 36.4 Å². The van der Waals surface area contributed by atoms with Gasteiger partial charge in [-0.25, -0.2) is 0 Å². The number of allylic oxidation sites excluding steroid dienone is 1. The predicted molar refractivity (Wildman–Crippen MR) is 119 cm³/mol. The first-order valence-electron chi connectivity index (χ1n) is 10.0. The molecule has 0 heterocycles. The van der Waals surface area contributed by atoms with E-state index in [0.717, 1.165) is 12.0 Å². The van der Waals surface area contributed by atoms with Gasteiger partial charge in [-0.1, -0.05) is 79.7 Å². The molecule has 2 N–H and O–H groups in total. The third-order valence-corrected chi connectivity index (χ3v) is 4.96. The molecule has 0 aliphatic carbocycles. The van der Waals surface area contributed by atoms with E-state index in [1.165, 1.54) is 22.3 Å². The van der Waals surface area contributed by atoms with Gasteiger partial charge in [-0.2, -0.15) is 0 Å². The first kappa shape index (κ1) is 20.8. The molecular weight excluding hydrogens is 360 g/mol. The fourth-order valence-corrected chi connectivity index (χ4v) is 3.32. The summed E-state index contributed by atoms with van der Waals surface area (Å²) in [5.74, 6) is 0.665. The molecule has 0 saturated carbocycles. The second-order valence-corrected chi connectivity index (χ2v) is 7.08. The third kappa shape index (κ3) is 5.35. The Kier molecular flexibility index (Phi) is 7.23. The average Bonchev–Trinajstić information content (AvgIpc) is 2.77. The van der Waals surface area contributed by atoms with Crippen LogP contribution in [0.3, 0.4) is 0 Å². The van der Waals surface area contributed by atoms with Crippen LogP contribution in [0.4, 0.5) is 0 Å². The lowest BCUT2D eigenvalue weighted by Gasteiger charge is -2.17. The number of hydrogen-bond donors (Lipinski definition) is 2. The molecule has 0 radical (unpaired) electrons. The smallest absolute Gasteiger partial charge is 0.119 e. The number of aliphatic hydroxyl groups is 2. The van der Waals surface area contributed by atoms with Crippen LogP contribution in [0.5, 0.6) is 5.75 Å². The minimum Gasteiger partial charge on any atom is -0.491 e. The second-order valence-electron chi connectivity index (χ2n) is 7.08. The zero-order valence-corrected chi connectivity index (χ0v) is 17.0. The van der Waals surface area contributed by atoms with Gasteiger partial charge in [0.15, 0.2) is 0 Å². The van der Waals surface area contributed by atoms with Gasteiger partial charge < -0.3 is 14.9 Å². The van der Waals surface area contributed by atoms with E-state index >= 15 is 0 Å². The van der Waals surface area contributed by atoms with Crippen LogP contribution in [0.15, 0.2) is 84.9 Å². The van der Waals surface area contributed by atoms with E-state index in [1.54, 1.807) is 6.92 Å². The zero-order valence-electron chi connectivity index (χ0n) is 17.0. The molecule has 0 saturated heterocycles. The topological polar surface area (TPSA) is 49.7 Å². The Morgan fingerprint density at radius 1 is 0.759 bits per heavy atom. The molecule has 3 aromatic carbocycles. The number of hydrogen-bond acceptors (Lipinski definition) is 3. The highest BCUT2D eigenvalue weighted by atomic mass is 16.5. The van der Waals surface area contributed by atoms with Crippen molar-refractivity contribution in [1.82, 2.24) is 0 Å². The number of aliphatic hydroxyl groups excluding tert-OH is 2. The Hall–Kier alpha value is -2.88. The normalized spacial score (nSPS) is 14.1. The average molecular weight is 389 g/mol. The van der Waals surface area contributed by atoms with Crippen LogP contribution in [0, 0.1) is 0 Å². The Bertz CT molecular complexity index is 913. The number of ether oxygens (including phenoxy) is 1. The molecule has 0 aromatic heterocycles. The highest BCUT2D eigenvalue weighted by Crippen LogP contribution is 2.34. The summed E-state index contributed by atoms with van der Waals surface area (Å²) in [7, 11) is 0. The van der Waals surface area contributed by atoms with Crippen LogP contribution >= 0.6 is 0 Å². The van der Waals surface area contributed by atoms with Crippen molar-refractivity contribution in [1.29, 1.82) is 0 Å². The fraction of sp³-hybridized carbons (Fsp3) is 0.231. The summed E-state index contributed by atoms with van der Waals surface area (Å²) >= 11 is 0. The molecule has 2 atom stereocenters. The molecule has 0 fully saturated rings. The minimum absolute atomic E-state index is 0.0582. The van der Waals surface area contributed by atoms with Gasteiger partial charge in [0.1, 0.15) is 18.5 Å². The standard InChI is InChI=1S/C26H28O3/c1-3-24(20-10-6-4-7-11-20)26(21-12-8-5-9-13-21)22-14-16-23(17-15-22)29-18-25(28)19(2)27/h4-17,19,25,27-28H,3,18H2,1-2H3/b26-24-. The summed E-state index contributed by atoms with van der Waals surface area (Å²) in [5, 5.41) is 19.1. The third-order valence-electron chi connectivity index (χ3n) is 4.96. The van der Waals surface area contributed by atoms with Crippen LogP contribution in [0.2, 0.25) is 0 Å². The van der Waals surface area contributed by atoms with Gasteiger partial charge in [0.05, 0.1) is 6.10 Å². The Balaban J connectivity index is 1.98. The van der Waals surface area contributed by atoms with Crippen molar-refractivity contribution in [2.24, 2.45) is 0 Å². The Labute approximate surface area is 172 Å². The van der Waals surface area contributed by atoms with Crippen molar-refractivity contribution in [2.45, 2.75) is 32.5 Å². The number of benzene rings is 3. The van der Waals surface area contributed by atoms with Crippen molar-refractivity contribution < 1.29 is 14.9 Å². The van der Waals surface area contributed by atoms with Crippen molar-refractivity contribution in [3.05, 3.63) is 102 Å². The first-order valence-corrected chi connectivity index (χ1v) is 10.0. The van der Waals surface area contributed by atoms with Gasteiger partial charge in [0, 0.05) is 0 Å². The molecule has 3 heteroatoms. The van der Waals surface area contributed by atoms with Gasteiger partial charge in [0.25, 0.3) is 0 Å². The van der Waals surface area contributed by atoms with Crippen LogP contribution in [0.25, 0.3) is 11.1 Å². The first-order chi connectivity index (χ1) is 14.1. The molecule has 3 rings (SSSR count). The van der Waals surface area contributed by atoms with Crippen LogP contribution < -0.4 is 4.74 Å². The highest BCUT2D eigenvalue weighted by Gasteiger charge is 2.14. The molecule has 0 amide bonds. The molecule has 0 spiro atoms. The van der Waals surface area contributed by atoms with Crippen molar-refractivity contribution in [2.75, 3.05) is 6.61 Å². The fourth-order valence-electron chi connectivity index (χ4n) is 3.32. The zero-order chi connectivity index (χ0) is 20.6. The largest absolute Gasteiger partial charge is 0.491 e. The summed E-state index contributed by atoms with van der Waals surface area (Å²) in [5.41, 5.74) is 5.99. The van der Waals surface area contributed by atoms with Crippen molar-refractivity contribution >= 4 is 11.1 Å². The molecule has 0 aliphatic heterocycles. The molecule has 0 aliphatic rings. The SMILES string of the molecule is CC/C(=C(\c1ccccc1)c1ccc(OCC(O)C(C)O)cc1)c1ccccc1. The molecule has 2 unspecified atom stereocenters. The minimum atomic E-state index is -0.903. The molecular formula is C26H28O3.